The molecule has 0 spiro atoms. The molecule has 0 unspecified atom stereocenters. The molecule has 0 N–H and O–H groups in total. The Bertz CT molecular complexity index is 134. The third-order valence-corrected chi connectivity index (χ3v) is 0.644. The summed E-state index contributed by atoms with van der Waals surface area (Å²) in [5.74, 6) is -0.819. The van der Waals surface area contributed by atoms with Crippen LogP contribution in [0.3, 0.4) is 0 Å². The molecule has 0 radical (unpaired) electrons. The third-order valence-electron chi connectivity index (χ3n) is 0.644. The molecule has 0 aromatic carbocycles. The lowest BCUT2D eigenvalue weighted by Crippen LogP contribution is -2.02. The third kappa shape index (κ3) is 5.21. The van der Waals surface area contributed by atoms with Crippen LogP contribution in [0.5, 0.6) is 0 Å². The number of alkyl halides is 1. The summed E-state index contributed by atoms with van der Waals surface area (Å²) in [6.45, 7) is 2.50. The standard InChI is InChI=1S/C6H10FNO2/c1-5(2)10-4-8-6(9)3-7/h4-5H,3H2,1-2H3. The summed E-state index contributed by atoms with van der Waals surface area (Å²) in [7, 11) is 0. The van der Waals surface area contributed by atoms with Gasteiger partial charge in [-0.3, -0.25) is 4.79 Å². The highest BCUT2D eigenvalue weighted by Gasteiger charge is 1.93. The van der Waals surface area contributed by atoms with Crippen molar-refractivity contribution in [1.29, 1.82) is 0 Å². The highest BCUT2D eigenvalue weighted by molar-refractivity contribution is 5.83. The maximum absolute atomic E-state index is 11.4. The van der Waals surface area contributed by atoms with Crippen LogP contribution < -0.4 is 0 Å². The maximum Gasteiger partial charge on any atom is 0.279 e. The van der Waals surface area contributed by atoms with Gasteiger partial charge in [-0.05, 0) is 13.8 Å². The topological polar surface area (TPSA) is 38.7 Å². The lowest BCUT2D eigenvalue weighted by atomic mass is 10.5. The molecule has 3 nitrogen and oxygen atoms in total. The zero-order valence-corrected chi connectivity index (χ0v) is 6.00. The largest absolute Gasteiger partial charge is 0.480 e. The molecule has 0 atom stereocenters. The number of carbonyl (C=O) groups excluding carboxylic acids is 1. The van der Waals surface area contributed by atoms with Crippen molar-refractivity contribution >= 4 is 12.3 Å². The minimum atomic E-state index is -1.07. The molecular weight excluding hydrogens is 137 g/mol. The number of hydrogen-bond acceptors (Lipinski definition) is 2. The highest BCUT2D eigenvalue weighted by Crippen LogP contribution is 1.83. The van der Waals surface area contributed by atoms with Gasteiger partial charge in [0.05, 0.1) is 6.10 Å². The molecule has 0 bridgehead atoms. The molecule has 0 aliphatic rings. The number of rotatable bonds is 3. The van der Waals surface area contributed by atoms with Gasteiger partial charge in [0.25, 0.3) is 5.91 Å². The molecule has 0 heterocycles. The maximum atomic E-state index is 11.4. The van der Waals surface area contributed by atoms with Crippen LogP contribution in [0.15, 0.2) is 4.99 Å². The smallest absolute Gasteiger partial charge is 0.279 e. The van der Waals surface area contributed by atoms with Gasteiger partial charge < -0.3 is 4.74 Å². The Hall–Kier alpha value is -0.930. The molecule has 0 aromatic heterocycles. The second-order valence-electron chi connectivity index (χ2n) is 1.95. The number of aliphatic imine (C=N–C) groups is 1. The quantitative estimate of drug-likeness (QED) is 0.440. The average molecular weight is 147 g/mol. The summed E-state index contributed by atoms with van der Waals surface area (Å²) in [6, 6.07) is 0. The van der Waals surface area contributed by atoms with Crippen LogP contribution in [0.1, 0.15) is 13.8 Å². The second-order valence-corrected chi connectivity index (χ2v) is 1.95. The summed E-state index contributed by atoms with van der Waals surface area (Å²) < 4.78 is 16.1. The lowest BCUT2D eigenvalue weighted by molar-refractivity contribution is -0.118. The number of carbonyl (C=O) groups is 1. The van der Waals surface area contributed by atoms with Gasteiger partial charge in [0, 0.05) is 0 Å². The van der Waals surface area contributed by atoms with E-state index in [0.29, 0.717) is 0 Å². The molecule has 0 rings (SSSR count). The lowest BCUT2D eigenvalue weighted by Gasteiger charge is -2.00. The Morgan fingerprint density at radius 3 is 2.80 bits per heavy atom. The van der Waals surface area contributed by atoms with Crippen molar-refractivity contribution in [3.05, 3.63) is 0 Å². The van der Waals surface area contributed by atoms with Crippen LogP contribution in [0.2, 0.25) is 0 Å². The van der Waals surface area contributed by atoms with E-state index in [-0.39, 0.29) is 6.10 Å². The number of nitrogens with zero attached hydrogens (tertiary/aromatic N) is 1. The molecule has 0 saturated heterocycles. The molecule has 1 amide bonds. The first kappa shape index (κ1) is 9.07. The Morgan fingerprint density at radius 1 is 1.80 bits per heavy atom. The predicted molar refractivity (Wildman–Crippen MR) is 35.7 cm³/mol. The molecule has 0 aliphatic heterocycles. The van der Waals surface area contributed by atoms with Crippen LogP contribution >= 0.6 is 0 Å². The minimum absolute atomic E-state index is 0.0313. The molecule has 4 heteroatoms. The van der Waals surface area contributed by atoms with E-state index in [0.717, 1.165) is 6.40 Å². The van der Waals surface area contributed by atoms with Crippen molar-refractivity contribution in [3.8, 4) is 0 Å². The van der Waals surface area contributed by atoms with Crippen LogP contribution in [0.25, 0.3) is 0 Å². The number of hydrogen-bond donors (Lipinski definition) is 0. The van der Waals surface area contributed by atoms with Gasteiger partial charge in [0.15, 0.2) is 13.1 Å². The van der Waals surface area contributed by atoms with Crippen LogP contribution in [-0.2, 0) is 9.53 Å². The Kier molecular flexibility index (Phi) is 4.45. The number of ether oxygens (including phenoxy) is 1. The number of amides is 1. The molecular formula is C6H10FNO2. The van der Waals surface area contributed by atoms with E-state index in [1.165, 1.54) is 0 Å². The first-order valence-electron chi connectivity index (χ1n) is 2.93. The fourth-order valence-electron chi connectivity index (χ4n) is 0.245. The fraction of sp³-hybridized carbons (Fsp3) is 0.667. The molecule has 10 heavy (non-hydrogen) atoms. The molecule has 0 saturated carbocycles. The average Bonchev–Trinajstić information content (AvgIpc) is 1.87. The van der Waals surface area contributed by atoms with E-state index < -0.39 is 12.6 Å². The van der Waals surface area contributed by atoms with E-state index in [9.17, 15) is 9.18 Å². The summed E-state index contributed by atoms with van der Waals surface area (Å²) in [4.78, 5) is 13.3. The van der Waals surface area contributed by atoms with Gasteiger partial charge in [-0.2, -0.15) is 4.99 Å². The van der Waals surface area contributed by atoms with Crippen molar-refractivity contribution in [2.45, 2.75) is 20.0 Å². The van der Waals surface area contributed by atoms with Gasteiger partial charge in [-0.1, -0.05) is 0 Å². The predicted octanol–water partition coefficient (Wildman–Crippen LogP) is 0.936. The van der Waals surface area contributed by atoms with Crippen molar-refractivity contribution in [1.82, 2.24) is 0 Å². The number of halogens is 1. The first-order chi connectivity index (χ1) is 4.66. The van der Waals surface area contributed by atoms with Gasteiger partial charge in [0.1, 0.15) is 0 Å². The SMILES string of the molecule is CC(C)OC=NC(=O)CF. The van der Waals surface area contributed by atoms with E-state index in [4.69, 9.17) is 4.74 Å². The summed E-state index contributed by atoms with van der Waals surface area (Å²) >= 11 is 0. The Morgan fingerprint density at radius 2 is 2.40 bits per heavy atom. The van der Waals surface area contributed by atoms with Gasteiger partial charge in [-0.15, -0.1) is 0 Å². The van der Waals surface area contributed by atoms with E-state index in [1.54, 1.807) is 13.8 Å². The van der Waals surface area contributed by atoms with Crippen molar-refractivity contribution < 1.29 is 13.9 Å². The van der Waals surface area contributed by atoms with E-state index in [1.807, 2.05) is 0 Å². The normalized spacial score (nSPS) is 10.8. The van der Waals surface area contributed by atoms with Crippen molar-refractivity contribution in [2.24, 2.45) is 4.99 Å². The van der Waals surface area contributed by atoms with Gasteiger partial charge in [-0.25, -0.2) is 4.39 Å². The van der Waals surface area contributed by atoms with Crippen LogP contribution in [-0.4, -0.2) is 25.1 Å². The zero-order chi connectivity index (χ0) is 7.98. The molecule has 0 aliphatic carbocycles. The van der Waals surface area contributed by atoms with Crippen LogP contribution in [0.4, 0.5) is 4.39 Å². The van der Waals surface area contributed by atoms with Crippen molar-refractivity contribution in [2.75, 3.05) is 6.67 Å². The summed E-state index contributed by atoms with van der Waals surface area (Å²) in [6.07, 6.45) is 0.934. The van der Waals surface area contributed by atoms with E-state index in [2.05, 4.69) is 4.99 Å². The van der Waals surface area contributed by atoms with E-state index >= 15 is 0 Å². The monoisotopic (exact) mass is 147 g/mol. The summed E-state index contributed by atoms with van der Waals surface area (Å²) in [5, 5.41) is 0. The molecule has 58 valence electrons. The Labute approximate surface area is 58.9 Å². The fourth-order valence-corrected chi connectivity index (χ4v) is 0.245. The summed E-state index contributed by atoms with van der Waals surface area (Å²) in [5.41, 5.74) is 0. The molecule has 0 fully saturated rings. The second kappa shape index (κ2) is 4.90. The Balaban J connectivity index is 3.46. The highest BCUT2D eigenvalue weighted by atomic mass is 19.1. The minimum Gasteiger partial charge on any atom is -0.480 e. The van der Waals surface area contributed by atoms with Gasteiger partial charge in [0.2, 0.25) is 0 Å². The van der Waals surface area contributed by atoms with Gasteiger partial charge >= 0.3 is 0 Å². The first-order valence-corrected chi connectivity index (χ1v) is 2.93. The zero-order valence-electron chi connectivity index (χ0n) is 6.00. The molecule has 0 aromatic rings. The van der Waals surface area contributed by atoms with Crippen LogP contribution in [0, 0.1) is 0 Å². The van der Waals surface area contributed by atoms with Crippen molar-refractivity contribution in [3.63, 3.8) is 0 Å².